The molecule has 1 aliphatic heterocycles. The van der Waals surface area contributed by atoms with Gasteiger partial charge in [0, 0.05) is 49.7 Å². The van der Waals surface area contributed by atoms with Crippen molar-refractivity contribution in [2.24, 2.45) is 0 Å². The molecule has 2 heterocycles. The molecule has 0 bridgehead atoms. The number of rotatable bonds is 4. The lowest BCUT2D eigenvalue weighted by atomic mass is 10.1. The maximum Gasteiger partial charge on any atom is 0.317 e. The van der Waals surface area contributed by atoms with Crippen LogP contribution >= 0.6 is 11.8 Å². The lowest BCUT2D eigenvalue weighted by Gasteiger charge is -2.38. The summed E-state index contributed by atoms with van der Waals surface area (Å²) in [6, 6.07) is 6.84. The molecule has 2 amide bonds. The highest BCUT2D eigenvalue weighted by Crippen LogP contribution is 2.28. The van der Waals surface area contributed by atoms with Gasteiger partial charge in [0.1, 0.15) is 0 Å². The van der Waals surface area contributed by atoms with Crippen LogP contribution in [-0.2, 0) is 0 Å². The summed E-state index contributed by atoms with van der Waals surface area (Å²) in [5, 5.41) is 3.95. The second kappa shape index (κ2) is 8.21. The Balaban J connectivity index is 1.45. The van der Waals surface area contributed by atoms with Gasteiger partial charge in [-0.3, -0.25) is 9.88 Å². The van der Waals surface area contributed by atoms with Crippen molar-refractivity contribution in [2.75, 3.05) is 32.4 Å². The molecule has 1 N–H and O–H groups in total. The number of carbonyl (C=O) groups excluding carboxylic acids is 1. The van der Waals surface area contributed by atoms with Crippen molar-refractivity contribution in [3.05, 3.63) is 30.1 Å². The van der Waals surface area contributed by atoms with Gasteiger partial charge in [-0.2, -0.15) is 11.8 Å². The maximum atomic E-state index is 12.5. The highest BCUT2D eigenvalue weighted by molar-refractivity contribution is 7.99. The van der Waals surface area contributed by atoms with Gasteiger partial charge in [0.05, 0.1) is 5.69 Å². The first-order chi connectivity index (χ1) is 11.7. The minimum absolute atomic E-state index is 0.117. The second-order valence-corrected chi connectivity index (χ2v) is 7.91. The largest absolute Gasteiger partial charge is 0.335 e. The Morgan fingerprint density at radius 3 is 2.71 bits per heavy atom. The summed E-state index contributed by atoms with van der Waals surface area (Å²) in [5.41, 5.74) is 1.10. The number of nitrogens with one attached hydrogen (secondary N) is 1. The molecular formula is C18H28N4OS. The number of thioether (sulfide) groups is 1. The van der Waals surface area contributed by atoms with E-state index >= 15 is 0 Å². The Kier molecular flexibility index (Phi) is 6.00. The van der Waals surface area contributed by atoms with E-state index in [-0.39, 0.29) is 6.03 Å². The molecule has 3 atom stereocenters. The lowest BCUT2D eigenvalue weighted by Crippen LogP contribution is -2.53. The van der Waals surface area contributed by atoms with Gasteiger partial charge in [0.15, 0.2) is 0 Å². The number of hydrogen-bond donors (Lipinski definition) is 1. The molecule has 0 unspecified atom stereocenters. The van der Waals surface area contributed by atoms with Crippen LogP contribution in [0.5, 0.6) is 0 Å². The van der Waals surface area contributed by atoms with Gasteiger partial charge in [-0.25, -0.2) is 4.79 Å². The van der Waals surface area contributed by atoms with E-state index in [1.807, 2.05) is 35.0 Å². The fourth-order valence-corrected chi connectivity index (χ4v) is 4.47. The van der Waals surface area contributed by atoms with E-state index in [9.17, 15) is 4.79 Å². The Bertz CT molecular complexity index is 533. The summed E-state index contributed by atoms with van der Waals surface area (Å²) in [6.07, 6.45) is 7.47. The van der Waals surface area contributed by atoms with Gasteiger partial charge < -0.3 is 10.2 Å². The number of amides is 2. The van der Waals surface area contributed by atoms with Gasteiger partial charge in [0.2, 0.25) is 0 Å². The van der Waals surface area contributed by atoms with Crippen LogP contribution in [0.25, 0.3) is 0 Å². The Labute approximate surface area is 149 Å². The summed E-state index contributed by atoms with van der Waals surface area (Å²) in [7, 11) is 0. The fourth-order valence-electron chi connectivity index (χ4n) is 3.67. The summed E-state index contributed by atoms with van der Waals surface area (Å²) in [6.45, 7) is 5.59. The highest BCUT2D eigenvalue weighted by Gasteiger charge is 2.29. The lowest BCUT2D eigenvalue weighted by molar-refractivity contribution is 0.111. The molecular weight excluding hydrogens is 320 g/mol. The number of urea groups is 1. The number of hydrogen-bond acceptors (Lipinski definition) is 4. The molecule has 5 nitrogen and oxygen atoms in total. The van der Waals surface area contributed by atoms with Crippen molar-refractivity contribution in [2.45, 2.75) is 43.5 Å². The summed E-state index contributed by atoms with van der Waals surface area (Å²) in [5.74, 6) is 0. The normalized spacial score (nSPS) is 26.3. The molecule has 6 heteroatoms. The van der Waals surface area contributed by atoms with Crippen molar-refractivity contribution < 1.29 is 4.79 Å². The van der Waals surface area contributed by atoms with Crippen LogP contribution in [0.3, 0.4) is 0 Å². The van der Waals surface area contributed by atoms with Crippen molar-refractivity contribution in [3.8, 4) is 0 Å². The van der Waals surface area contributed by atoms with Crippen LogP contribution in [0, 0.1) is 0 Å². The van der Waals surface area contributed by atoms with Crippen molar-refractivity contribution in [1.82, 2.24) is 20.1 Å². The average molecular weight is 349 g/mol. The first-order valence-corrected chi connectivity index (χ1v) is 10.2. The van der Waals surface area contributed by atoms with Crippen LogP contribution in [0.4, 0.5) is 4.79 Å². The van der Waals surface area contributed by atoms with E-state index < -0.39 is 0 Å². The monoisotopic (exact) mass is 348 g/mol. The zero-order valence-corrected chi connectivity index (χ0v) is 15.5. The first-order valence-electron chi connectivity index (χ1n) is 8.90. The average Bonchev–Trinajstić information content (AvgIpc) is 3.09. The quantitative estimate of drug-likeness (QED) is 0.909. The molecule has 2 fully saturated rings. The van der Waals surface area contributed by atoms with Crippen LogP contribution < -0.4 is 5.32 Å². The molecule has 24 heavy (non-hydrogen) atoms. The highest BCUT2D eigenvalue weighted by atomic mass is 32.2. The van der Waals surface area contributed by atoms with E-state index in [0.29, 0.717) is 17.3 Å². The van der Waals surface area contributed by atoms with E-state index in [1.54, 1.807) is 0 Å². The molecule has 1 aliphatic carbocycles. The van der Waals surface area contributed by atoms with Crippen LogP contribution in [-0.4, -0.2) is 64.5 Å². The maximum absolute atomic E-state index is 12.5. The van der Waals surface area contributed by atoms with E-state index in [2.05, 4.69) is 34.4 Å². The van der Waals surface area contributed by atoms with Gasteiger partial charge in [-0.15, -0.1) is 0 Å². The third-order valence-electron chi connectivity index (χ3n) is 5.31. The summed E-state index contributed by atoms with van der Waals surface area (Å²) in [4.78, 5) is 21.3. The van der Waals surface area contributed by atoms with Crippen molar-refractivity contribution in [3.63, 3.8) is 0 Å². The molecule has 2 aliphatic rings. The molecule has 1 saturated carbocycles. The summed E-state index contributed by atoms with van der Waals surface area (Å²) < 4.78 is 0. The molecule has 0 aromatic carbocycles. The number of piperazine rings is 1. The standard InChI is InChI=1S/C18H28N4OS/c1-14(17-5-3-4-8-19-17)21-9-11-22(12-10-21)18(23)20-15-6-7-16(13-15)24-2/h3-5,8,14-16H,6-7,9-13H2,1-2H3,(H,20,23)/t14-,15+,16-/m1/s1. The summed E-state index contributed by atoms with van der Waals surface area (Å²) >= 11 is 1.92. The third-order valence-corrected chi connectivity index (χ3v) is 6.41. The fraction of sp³-hybridized carbons (Fsp3) is 0.667. The molecule has 1 aromatic rings. The van der Waals surface area contributed by atoms with E-state index in [0.717, 1.165) is 44.7 Å². The first kappa shape index (κ1) is 17.5. The topological polar surface area (TPSA) is 48.5 Å². The van der Waals surface area contributed by atoms with Gasteiger partial charge in [0.25, 0.3) is 0 Å². The smallest absolute Gasteiger partial charge is 0.317 e. The molecule has 3 rings (SSSR count). The van der Waals surface area contributed by atoms with Crippen molar-refractivity contribution in [1.29, 1.82) is 0 Å². The van der Waals surface area contributed by atoms with Gasteiger partial charge in [-0.05, 0) is 44.6 Å². The molecule has 0 spiro atoms. The van der Waals surface area contributed by atoms with Gasteiger partial charge in [-0.1, -0.05) is 6.07 Å². The SMILES string of the molecule is CS[C@@H]1CC[C@H](NC(=O)N2CCN([C@H](C)c3ccccn3)CC2)C1. The number of pyridine rings is 1. The zero-order chi connectivity index (χ0) is 16.9. The molecule has 0 radical (unpaired) electrons. The van der Waals surface area contributed by atoms with E-state index in [4.69, 9.17) is 0 Å². The third kappa shape index (κ3) is 4.22. The molecule has 1 saturated heterocycles. The predicted molar refractivity (Wildman–Crippen MR) is 99.3 cm³/mol. The Morgan fingerprint density at radius 1 is 1.29 bits per heavy atom. The second-order valence-electron chi connectivity index (χ2n) is 6.77. The van der Waals surface area contributed by atoms with Crippen LogP contribution in [0.15, 0.2) is 24.4 Å². The number of carbonyl (C=O) groups is 1. The molecule has 1 aromatic heterocycles. The number of aromatic nitrogens is 1. The minimum atomic E-state index is 0.117. The van der Waals surface area contributed by atoms with E-state index in [1.165, 1.54) is 6.42 Å². The van der Waals surface area contributed by atoms with Crippen LogP contribution in [0.2, 0.25) is 0 Å². The van der Waals surface area contributed by atoms with Gasteiger partial charge >= 0.3 is 6.03 Å². The predicted octanol–water partition coefficient (Wildman–Crippen LogP) is 2.75. The van der Waals surface area contributed by atoms with Crippen LogP contribution in [0.1, 0.15) is 37.9 Å². The zero-order valence-electron chi connectivity index (χ0n) is 14.6. The molecule has 132 valence electrons. The number of nitrogens with zero attached hydrogens (tertiary/aromatic N) is 3. The Morgan fingerprint density at radius 2 is 2.08 bits per heavy atom. The van der Waals surface area contributed by atoms with Crippen molar-refractivity contribution >= 4 is 17.8 Å². The Hall–Kier alpha value is -1.27. The minimum Gasteiger partial charge on any atom is -0.335 e.